The lowest BCUT2D eigenvalue weighted by Gasteiger charge is -2.05. The SMILES string of the molecule is O=C(O)c1ccc2c(c1)nnn2-c1cc(Br)c(F)cc1F. The quantitative estimate of drug-likeness (QED) is 0.718. The molecule has 0 fully saturated rings. The van der Waals surface area contributed by atoms with Crippen LogP contribution in [0.15, 0.2) is 34.8 Å². The van der Waals surface area contributed by atoms with Crippen molar-refractivity contribution in [1.29, 1.82) is 0 Å². The van der Waals surface area contributed by atoms with E-state index in [0.29, 0.717) is 11.0 Å². The molecule has 1 aromatic heterocycles. The molecular formula is C13H6BrF2N3O2. The van der Waals surface area contributed by atoms with Crippen LogP contribution in [0.4, 0.5) is 8.78 Å². The normalized spacial score (nSPS) is 11.0. The zero-order chi connectivity index (χ0) is 15.1. The summed E-state index contributed by atoms with van der Waals surface area (Å²) in [5.74, 6) is -2.62. The smallest absolute Gasteiger partial charge is 0.335 e. The van der Waals surface area contributed by atoms with Crippen LogP contribution in [0.25, 0.3) is 16.7 Å². The van der Waals surface area contributed by atoms with Crippen LogP contribution in [-0.2, 0) is 0 Å². The Kier molecular flexibility index (Phi) is 3.17. The summed E-state index contributed by atoms with van der Waals surface area (Å²) in [5, 5.41) is 16.5. The van der Waals surface area contributed by atoms with Crippen LogP contribution < -0.4 is 0 Å². The second-order valence-electron chi connectivity index (χ2n) is 4.23. The predicted octanol–water partition coefficient (Wildman–Crippen LogP) is 3.16. The van der Waals surface area contributed by atoms with Gasteiger partial charge in [-0.1, -0.05) is 5.21 Å². The Morgan fingerprint density at radius 1 is 1.19 bits per heavy atom. The fourth-order valence-electron chi connectivity index (χ4n) is 1.91. The second kappa shape index (κ2) is 4.88. The average Bonchev–Trinajstić information content (AvgIpc) is 2.85. The maximum atomic E-state index is 13.9. The maximum Gasteiger partial charge on any atom is 0.335 e. The first-order valence-corrected chi connectivity index (χ1v) is 6.50. The average molecular weight is 354 g/mol. The van der Waals surface area contributed by atoms with E-state index < -0.39 is 17.6 Å². The van der Waals surface area contributed by atoms with Crippen LogP contribution in [0.5, 0.6) is 0 Å². The number of carbonyl (C=O) groups is 1. The van der Waals surface area contributed by atoms with Gasteiger partial charge in [-0.3, -0.25) is 0 Å². The van der Waals surface area contributed by atoms with Gasteiger partial charge in [0.2, 0.25) is 0 Å². The van der Waals surface area contributed by atoms with E-state index >= 15 is 0 Å². The van der Waals surface area contributed by atoms with Crippen molar-refractivity contribution in [3.05, 3.63) is 52.0 Å². The highest BCUT2D eigenvalue weighted by Gasteiger charge is 2.15. The van der Waals surface area contributed by atoms with E-state index in [0.717, 1.165) is 6.07 Å². The zero-order valence-electron chi connectivity index (χ0n) is 10.2. The number of carboxylic acids is 1. The molecule has 5 nitrogen and oxygen atoms in total. The molecule has 3 rings (SSSR count). The number of fused-ring (bicyclic) bond motifs is 1. The van der Waals surface area contributed by atoms with Gasteiger partial charge in [0.15, 0.2) is 5.82 Å². The van der Waals surface area contributed by atoms with Crippen LogP contribution in [-0.4, -0.2) is 26.1 Å². The number of aromatic carboxylic acids is 1. The van der Waals surface area contributed by atoms with Crippen LogP contribution >= 0.6 is 15.9 Å². The lowest BCUT2D eigenvalue weighted by Crippen LogP contribution is -2.01. The summed E-state index contributed by atoms with van der Waals surface area (Å²) in [6.45, 7) is 0. The third kappa shape index (κ3) is 2.27. The van der Waals surface area contributed by atoms with Gasteiger partial charge in [-0.25, -0.2) is 18.3 Å². The summed E-state index contributed by atoms with van der Waals surface area (Å²) in [7, 11) is 0. The van der Waals surface area contributed by atoms with Gasteiger partial charge in [0.05, 0.1) is 15.6 Å². The summed E-state index contributed by atoms with van der Waals surface area (Å²) in [5.41, 5.74) is 0.774. The summed E-state index contributed by atoms with van der Waals surface area (Å²) in [6.07, 6.45) is 0. The summed E-state index contributed by atoms with van der Waals surface area (Å²) in [6, 6.07) is 6.14. The van der Waals surface area contributed by atoms with E-state index in [4.69, 9.17) is 5.11 Å². The van der Waals surface area contributed by atoms with E-state index in [2.05, 4.69) is 26.2 Å². The molecule has 0 saturated carbocycles. The van der Waals surface area contributed by atoms with Gasteiger partial charge in [0.1, 0.15) is 17.0 Å². The van der Waals surface area contributed by atoms with Crippen molar-refractivity contribution >= 4 is 32.9 Å². The van der Waals surface area contributed by atoms with Crippen molar-refractivity contribution in [3.63, 3.8) is 0 Å². The molecule has 0 bridgehead atoms. The van der Waals surface area contributed by atoms with Crippen molar-refractivity contribution in [2.75, 3.05) is 0 Å². The van der Waals surface area contributed by atoms with Crippen molar-refractivity contribution in [3.8, 4) is 5.69 Å². The highest BCUT2D eigenvalue weighted by molar-refractivity contribution is 9.10. The molecule has 0 unspecified atom stereocenters. The van der Waals surface area contributed by atoms with Gasteiger partial charge in [-0.15, -0.1) is 5.10 Å². The first kappa shape index (κ1) is 13.6. The molecular weight excluding hydrogens is 348 g/mol. The lowest BCUT2D eigenvalue weighted by atomic mass is 10.2. The number of nitrogens with zero attached hydrogens (tertiary/aromatic N) is 3. The Hall–Kier alpha value is -2.35. The number of hydrogen-bond acceptors (Lipinski definition) is 3. The molecule has 0 atom stereocenters. The fraction of sp³-hybridized carbons (Fsp3) is 0. The number of hydrogen-bond donors (Lipinski definition) is 1. The van der Waals surface area contributed by atoms with Crippen molar-refractivity contribution in [1.82, 2.24) is 15.0 Å². The van der Waals surface area contributed by atoms with E-state index in [-0.39, 0.29) is 15.7 Å². The highest BCUT2D eigenvalue weighted by atomic mass is 79.9. The Balaban J connectivity index is 2.22. The van der Waals surface area contributed by atoms with E-state index in [1.807, 2.05) is 0 Å². The van der Waals surface area contributed by atoms with Crippen LogP contribution in [0.3, 0.4) is 0 Å². The van der Waals surface area contributed by atoms with E-state index in [1.54, 1.807) is 0 Å². The summed E-state index contributed by atoms with van der Waals surface area (Å²) < 4.78 is 28.4. The molecule has 2 aromatic carbocycles. The third-order valence-corrected chi connectivity index (χ3v) is 3.52. The van der Waals surface area contributed by atoms with Crippen molar-refractivity contribution in [2.45, 2.75) is 0 Å². The molecule has 106 valence electrons. The summed E-state index contributed by atoms with van der Waals surface area (Å²) >= 11 is 2.98. The van der Waals surface area contributed by atoms with E-state index in [9.17, 15) is 13.6 Å². The minimum Gasteiger partial charge on any atom is -0.478 e. The minimum atomic E-state index is -1.10. The standard InChI is InChI=1S/C13H6BrF2N3O2/c14-7-4-12(9(16)5-8(7)15)19-11-2-1-6(13(20)21)3-10(11)17-18-19/h1-5H,(H,20,21). The Morgan fingerprint density at radius 3 is 2.67 bits per heavy atom. The van der Waals surface area contributed by atoms with Crippen LogP contribution in [0.2, 0.25) is 0 Å². The predicted molar refractivity (Wildman–Crippen MR) is 73.4 cm³/mol. The first-order valence-electron chi connectivity index (χ1n) is 5.71. The lowest BCUT2D eigenvalue weighted by molar-refractivity contribution is 0.0697. The van der Waals surface area contributed by atoms with Gasteiger partial charge in [0, 0.05) is 6.07 Å². The van der Waals surface area contributed by atoms with Gasteiger partial charge in [-0.05, 0) is 40.2 Å². The molecule has 0 radical (unpaired) electrons. The Labute approximate surface area is 124 Å². The van der Waals surface area contributed by atoms with Gasteiger partial charge in [-0.2, -0.15) is 0 Å². The molecule has 8 heteroatoms. The minimum absolute atomic E-state index is 0.00819. The number of carboxylic acid groups (broad SMARTS) is 1. The molecule has 3 aromatic rings. The zero-order valence-corrected chi connectivity index (χ0v) is 11.8. The molecule has 0 spiro atoms. The topological polar surface area (TPSA) is 68.0 Å². The van der Waals surface area contributed by atoms with Crippen LogP contribution in [0.1, 0.15) is 10.4 Å². The van der Waals surface area contributed by atoms with Crippen LogP contribution in [0, 0.1) is 11.6 Å². The van der Waals surface area contributed by atoms with E-state index in [1.165, 1.54) is 28.9 Å². The summed E-state index contributed by atoms with van der Waals surface area (Å²) in [4.78, 5) is 10.9. The largest absolute Gasteiger partial charge is 0.478 e. The van der Waals surface area contributed by atoms with Crippen molar-refractivity contribution in [2.24, 2.45) is 0 Å². The highest BCUT2D eigenvalue weighted by Crippen LogP contribution is 2.25. The molecule has 21 heavy (non-hydrogen) atoms. The van der Waals surface area contributed by atoms with Gasteiger partial charge in [0.25, 0.3) is 0 Å². The Morgan fingerprint density at radius 2 is 1.95 bits per heavy atom. The molecule has 0 aliphatic carbocycles. The van der Waals surface area contributed by atoms with Gasteiger partial charge < -0.3 is 5.11 Å². The third-order valence-electron chi connectivity index (χ3n) is 2.91. The molecule has 0 saturated heterocycles. The maximum absolute atomic E-state index is 13.9. The molecule has 1 heterocycles. The number of aromatic nitrogens is 3. The first-order chi connectivity index (χ1) is 9.97. The number of rotatable bonds is 2. The fourth-order valence-corrected chi connectivity index (χ4v) is 2.24. The molecule has 0 aliphatic rings. The molecule has 1 N–H and O–H groups in total. The molecule has 0 aliphatic heterocycles. The number of halogens is 3. The monoisotopic (exact) mass is 353 g/mol. The van der Waals surface area contributed by atoms with Gasteiger partial charge >= 0.3 is 5.97 Å². The molecule has 0 amide bonds. The number of benzene rings is 2. The Bertz CT molecular complexity index is 879. The van der Waals surface area contributed by atoms with Crippen molar-refractivity contribution < 1.29 is 18.7 Å². The second-order valence-corrected chi connectivity index (χ2v) is 5.08.